The predicted octanol–water partition coefficient (Wildman–Crippen LogP) is 2.26. The van der Waals surface area contributed by atoms with Crippen LogP contribution >= 0.6 is 0 Å². The van der Waals surface area contributed by atoms with Crippen LogP contribution in [0.4, 0.5) is 0 Å². The van der Waals surface area contributed by atoms with E-state index in [4.69, 9.17) is 10.2 Å². The Hall–Kier alpha value is -2.10. The molecule has 84 valence electrons. The van der Waals surface area contributed by atoms with Gasteiger partial charge in [0.1, 0.15) is 0 Å². The molecule has 0 aromatic heterocycles. The van der Waals surface area contributed by atoms with Crippen LogP contribution in [-0.2, 0) is 4.79 Å². The molecule has 0 spiro atoms. The zero-order chi connectivity index (χ0) is 12.1. The number of aliphatic carboxylic acids is 1. The standard InChI is InChI=1S/C12H12O4/c1-2-8(7-11(13)14)9-3-5-10(6-4-9)12(15)16/h3-7H,2H2,1H3,(H,13,14)(H,15,16). The summed E-state index contributed by atoms with van der Waals surface area (Å²) >= 11 is 0. The topological polar surface area (TPSA) is 74.6 Å². The van der Waals surface area contributed by atoms with Crippen LogP contribution in [0.5, 0.6) is 0 Å². The monoisotopic (exact) mass is 220 g/mol. The van der Waals surface area contributed by atoms with E-state index in [0.717, 1.165) is 11.6 Å². The summed E-state index contributed by atoms with van der Waals surface area (Å²) in [4.78, 5) is 21.2. The van der Waals surface area contributed by atoms with Crippen molar-refractivity contribution in [3.8, 4) is 0 Å². The first-order valence-corrected chi connectivity index (χ1v) is 4.81. The van der Waals surface area contributed by atoms with E-state index >= 15 is 0 Å². The fourth-order valence-corrected chi connectivity index (χ4v) is 1.37. The van der Waals surface area contributed by atoms with E-state index in [2.05, 4.69) is 0 Å². The van der Waals surface area contributed by atoms with Crippen LogP contribution < -0.4 is 0 Å². The molecule has 4 nitrogen and oxygen atoms in total. The van der Waals surface area contributed by atoms with Crippen LogP contribution in [0.15, 0.2) is 30.3 Å². The zero-order valence-corrected chi connectivity index (χ0v) is 8.80. The molecule has 0 atom stereocenters. The van der Waals surface area contributed by atoms with Gasteiger partial charge in [-0.25, -0.2) is 9.59 Å². The van der Waals surface area contributed by atoms with Crippen molar-refractivity contribution < 1.29 is 19.8 Å². The first kappa shape index (κ1) is 12.0. The number of carboxylic acids is 2. The van der Waals surface area contributed by atoms with Crippen molar-refractivity contribution >= 4 is 17.5 Å². The molecule has 0 saturated heterocycles. The van der Waals surface area contributed by atoms with E-state index < -0.39 is 11.9 Å². The number of allylic oxidation sites excluding steroid dienone is 1. The van der Waals surface area contributed by atoms with Gasteiger partial charge in [0.05, 0.1) is 5.56 Å². The second kappa shape index (κ2) is 5.11. The minimum absolute atomic E-state index is 0.189. The van der Waals surface area contributed by atoms with Crippen molar-refractivity contribution in [2.24, 2.45) is 0 Å². The number of carboxylic acid groups (broad SMARTS) is 2. The van der Waals surface area contributed by atoms with Crippen molar-refractivity contribution in [1.82, 2.24) is 0 Å². The fourth-order valence-electron chi connectivity index (χ4n) is 1.37. The molecule has 0 fully saturated rings. The molecule has 2 N–H and O–H groups in total. The second-order valence-electron chi connectivity index (χ2n) is 3.24. The number of benzene rings is 1. The molecule has 0 aliphatic heterocycles. The highest BCUT2D eigenvalue weighted by Gasteiger charge is 2.05. The number of hydrogen-bond acceptors (Lipinski definition) is 2. The number of carbonyl (C=O) groups is 2. The SMILES string of the molecule is CCC(=CC(=O)O)c1ccc(C(=O)O)cc1. The minimum Gasteiger partial charge on any atom is -0.478 e. The summed E-state index contributed by atoms with van der Waals surface area (Å²) in [5.41, 5.74) is 1.59. The molecule has 0 unspecified atom stereocenters. The molecule has 16 heavy (non-hydrogen) atoms. The van der Waals surface area contributed by atoms with Gasteiger partial charge in [-0.05, 0) is 29.7 Å². The molecule has 0 radical (unpaired) electrons. The summed E-state index contributed by atoms with van der Waals surface area (Å²) in [7, 11) is 0. The molecule has 0 saturated carbocycles. The van der Waals surface area contributed by atoms with E-state index in [1.165, 1.54) is 12.1 Å². The van der Waals surface area contributed by atoms with Crippen molar-refractivity contribution in [2.45, 2.75) is 13.3 Å². The van der Waals surface area contributed by atoms with Gasteiger partial charge in [0, 0.05) is 6.08 Å². The van der Waals surface area contributed by atoms with Gasteiger partial charge in [-0.3, -0.25) is 0 Å². The lowest BCUT2D eigenvalue weighted by molar-refractivity contribution is -0.131. The van der Waals surface area contributed by atoms with Gasteiger partial charge < -0.3 is 10.2 Å². The molecule has 0 bridgehead atoms. The Labute approximate surface area is 92.8 Å². The summed E-state index contributed by atoms with van der Waals surface area (Å²) in [5, 5.41) is 17.4. The second-order valence-corrected chi connectivity index (χ2v) is 3.24. The lowest BCUT2D eigenvalue weighted by atomic mass is 10.0. The summed E-state index contributed by atoms with van der Waals surface area (Å²) in [6.45, 7) is 1.85. The third-order valence-electron chi connectivity index (χ3n) is 2.18. The van der Waals surface area contributed by atoms with Crippen LogP contribution in [-0.4, -0.2) is 22.2 Å². The average Bonchev–Trinajstić information content (AvgIpc) is 2.25. The van der Waals surface area contributed by atoms with Crippen LogP contribution in [0.1, 0.15) is 29.3 Å². The summed E-state index contributed by atoms with van der Waals surface area (Å²) in [6, 6.07) is 6.15. The summed E-state index contributed by atoms with van der Waals surface area (Å²) in [5.74, 6) is -1.99. The quantitative estimate of drug-likeness (QED) is 0.763. The molecule has 0 aliphatic carbocycles. The van der Waals surface area contributed by atoms with E-state index in [1.54, 1.807) is 12.1 Å². The van der Waals surface area contributed by atoms with Crippen molar-refractivity contribution in [2.75, 3.05) is 0 Å². The van der Waals surface area contributed by atoms with Crippen molar-refractivity contribution in [1.29, 1.82) is 0 Å². The van der Waals surface area contributed by atoms with Crippen LogP contribution in [0.2, 0.25) is 0 Å². The van der Waals surface area contributed by atoms with E-state index in [-0.39, 0.29) is 5.56 Å². The normalized spacial score (nSPS) is 11.2. The van der Waals surface area contributed by atoms with Crippen LogP contribution in [0.25, 0.3) is 5.57 Å². The van der Waals surface area contributed by atoms with Gasteiger partial charge in [-0.15, -0.1) is 0 Å². The highest BCUT2D eigenvalue weighted by molar-refractivity contribution is 5.91. The summed E-state index contributed by atoms with van der Waals surface area (Å²) < 4.78 is 0. The molecule has 1 aromatic carbocycles. The first-order valence-electron chi connectivity index (χ1n) is 4.81. The highest BCUT2D eigenvalue weighted by Crippen LogP contribution is 2.18. The fraction of sp³-hybridized carbons (Fsp3) is 0.167. The molecule has 1 rings (SSSR count). The number of hydrogen-bond donors (Lipinski definition) is 2. The molecule has 0 amide bonds. The van der Waals surface area contributed by atoms with Crippen molar-refractivity contribution in [3.05, 3.63) is 41.5 Å². The molecular formula is C12H12O4. The molecule has 4 heteroatoms. The number of rotatable bonds is 4. The Morgan fingerprint density at radius 1 is 1.12 bits per heavy atom. The zero-order valence-electron chi connectivity index (χ0n) is 8.80. The largest absolute Gasteiger partial charge is 0.478 e. The van der Waals surface area contributed by atoms with E-state index in [0.29, 0.717) is 12.0 Å². The third kappa shape index (κ3) is 2.95. The Morgan fingerprint density at radius 3 is 2.00 bits per heavy atom. The van der Waals surface area contributed by atoms with Crippen LogP contribution in [0.3, 0.4) is 0 Å². The smallest absolute Gasteiger partial charge is 0.335 e. The Balaban J connectivity index is 3.04. The lowest BCUT2D eigenvalue weighted by Gasteiger charge is -2.04. The average molecular weight is 220 g/mol. The molecule has 0 aliphatic rings. The Morgan fingerprint density at radius 2 is 1.62 bits per heavy atom. The van der Waals surface area contributed by atoms with Gasteiger partial charge in [-0.1, -0.05) is 19.1 Å². The van der Waals surface area contributed by atoms with Gasteiger partial charge in [0.25, 0.3) is 0 Å². The van der Waals surface area contributed by atoms with Gasteiger partial charge >= 0.3 is 11.9 Å². The van der Waals surface area contributed by atoms with E-state index in [1.807, 2.05) is 6.92 Å². The van der Waals surface area contributed by atoms with Gasteiger partial charge in [0.2, 0.25) is 0 Å². The van der Waals surface area contributed by atoms with Crippen molar-refractivity contribution in [3.63, 3.8) is 0 Å². The van der Waals surface area contributed by atoms with Gasteiger partial charge in [-0.2, -0.15) is 0 Å². The van der Waals surface area contributed by atoms with Gasteiger partial charge in [0.15, 0.2) is 0 Å². The maximum atomic E-state index is 10.6. The lowest BCUT2D eigenvalue weighted by Crippen LogP contribution is -1.96. The molecule has 1 aromatic rings. The van der Waals surface area contributed by atoms with Crippen LogP contribution in [0, 0.1) is 0 Å². The molecule has 0 heterocycles. The Kier molecular flexibility index (Phi) is 3.83. The third-order valence-corrected chi connectivity index (χ3v) is 2.18. The Bertz CT molecular complexity index is 429. The minimum atomic E-state index is -1.00. The number of aromatic carboxylic acids is 1. The maximum Gasteiger partial charge on any atom is 0.335 e. The highest BCUT2D eigenvalue weighted by atomic mass is 16.4. The summed E-state index contributed by atoms with van der Waals surface area (Å²) in [6.07, 6.45) is 1.72. The molecular weight excluding hydrogens is 208 g/mol. The maximum absolute atomic E-state index is 10.6. The first-order chi connectivity index (χ1) is 7.54. The predicted molar refractivity (Wildman–Crippen MR) is 59.3 cm³/mol. The van der Waals surface area contributed by atoms with E-state index in [9.17, 15) is 9.59 Å².